The van der Waals surface area contributed by atoms with Gasteiger partial charge in [0.25, 0.3) is 0 Å². The normalized spacial score (nSPS) is 37.9. The number of rotatable bonds is 2. The molecular formula is C8H19NOSi. The number of nitrogens with zero attached hydrogens (tertiary/aromatic N) is 1. The van der Waals surface area contributed by atoms with Crippen LogP contribution in [0.5, 0.6) is 0 Å². The molecule has 0 radical (unpaired) electrons. The first-order valence-electron chi connectivity index (χ1n) is 4.18. The summed E-state index contributed by atoms with van der Waals surface area (Å²) in [5.74, 6) is 0. The Morgan fingerprint density at radius 2 is 1.82 bits per heavy atom. The van der Waals surface area contributed by atoms with Crippen LogP contribution in [-0.4, -0.2) is 37.9 Å². The molecule has 0 amide bonds. The average Bonchev–Trinajstić information content (AvgIpc) is 2.41. The van der Waals surface area contributed by atoms with E-state index in [0.29, 0.717) is 5.54 Å². The van der Waals surface area contributed by atoms with Crippen LogP contribution in [0.15, 0.2) is 0 Å². The fourth-order valence-corrected chi connectivity index (χ4v) is 4.29. The molecule has 3 heteroatoms. The van der Waals surface area contributed by atoms with Crippen molar-refractivity contribution in [3.8, 4) is 0 Å². The molecule has 1 rings (SSSR count). The molecule has 1 aliphatic carbocycles. The molecule has 0 heterocycles. The first kappa shape index (κ1) is 9.23. The molecule has 2 atom stereocenters. The number of hydrogen-bond donors (Lipinski definition) is 1. The second-order valence-corrected chi connectivity index (χ2v) is 10.3. The Morgan fingerprint density at radius 1 is 1.36 bits per heavy atom. The topological polar surface area (TPSA) is 23.5 Å². The molecule has 2 nitrogen and oxygen atoms in total. The third-order valence-corrected chi connectivity index (χ3v) is 5.48. The van der Waals surface area contributed by atoms with E-state index >= 15 is 0 Å². The van der Waals surface area contributed by atoms with Gasteiger partial charge in [-0.2, -0.15) is 0 Å². The minimum atomic E-state index is -1.11. The molecule has 1 aliphatic rings. The molecule has 0 saturated heterocycles. The molecule has 0 bridgehead atoms. The largest absolute Gasteiger partial charge is 0.376 e. The SMILES string of the molecule is CN(C)C1(O)CC1[Si](C)(C)C. The maximum atomic E-state index is 9.96. The molecule has 0 aromatic heterocycles. The fourth-order valence-electron chi connectivity index (χ4n) is 1.74. The van der Waals surface area contributed by atoms with Crippen molar-refractivity contribution in [2.45, 2.75) is 37.3 Å². The molecule has 0 aromatic carbocycles. The monoisotopic (exact) mass is 173 g/mol. The van der Waals surface area contributed by atoms with Gasteiger partial charge in [0.15, 0.2) is 0 Å². The highest BCUT2D eigenvalue weighted by atomic mass is 28.3. The summed E-state index contributed by atoms with van der Waals surface area (Å²) < 4.78 is 0. The van der Waals surface area contributed by atoms with Crippen LogP contribution in [0.1, 0.15) is 6.42 Å². The summed E-state index contributed by atoms with van der Waals surface area (Å²) in [6, 6.07) is 0. The summed E-state index contributed by atoms with van der Waals surface area (Å²) in [4.78, 5) is 1.95. The lowest BCUT2D eigenvalue weighted by atomic mass is 10.5. The summed E-state index contributed by atoms with van der Waals surface area (Å²) in [6.45, 7) is 6.96. The van der Waals surface area contributed by atoms with Gasteiger partial charge in [-0.15, -0.1) is 0 Å². The maximum Gasteiger partial charge on any atom is 0.118 e. The zero-order valence-electron chi connectivity index (χ0n) is 8.18. The van der Waals surface area contributed by atoms with Crippen molar-refractivity contribution < 1.29 is 5.11 Å². The minimum absolute atomic E-state index is 0.454. The van der Waals surface area contributed by atoms with Crippen molar-refractivity contribution >= 4 is 8.07 Å². The summed E-state index contributed by atoms with van der Waals surface area (Å²) in [5, 5.41) is 9.96. The van der Waals surface area contributed by atoms with Gasteiger partial charge in [-0.05, 0) is 20.5 Å². The van der Waals surface area contributed by atoms with Crippen molar-refractivity contribution in [3.05, 3.63) is 0 Å². The molecule has 11 heavy (non-hydrogen) atoms. The van der Waals surface area contributed by atoms with Gasteiger partial charge in [-0.1, -0.05) is 19.6 Å². The summed E-state index contributed by atoms with van der Waals surface area (Å²) in [7, 11) is 2.80. The van der Waals surface area contributed by atoms with Crippen LogP contribution in [0.4, 0.5) is 0 Å². The molecule has 1 N–H and O–H groups in total. The highest BCUT2D eigenvalue weighted by Gasteiger charge is 2.60. The predicted molar refractivity (Wildman–Crippen MR) is 50.3 cm³/mol. The summed E-state index contributed by atoms with van der Waals surface area (Å²) in [6.07, 6.45) is 0.982. The Hall–Kier alpha value is 0.137. The van der Waals surface area contributed by atoms with Gasteiger partial charge in [0.1, 0.15) is 5.72 Å². The van der Waals surface area contributed by atoms with Crippen LogP contribution >= 0.6 is 0 Å². The second-order valence-electron chi connectivity index (χ2n) is 4.90. The van der Waals surface area contributed by atoms with E-state index in [-0.39, 0.29) is 0 Å². The predicted octanol–water partition coefficient (Wildman–Crippen LogP) is 1.35. The van der Waals surface area contributed by atoms with Gasteiger partial charge in [-0.25, -0.2) is 0 Å². The van der Waals surface area contributed by atoms with E-state index in [0.717, 1.165) is 6.42 Å². The Kier molecular flexibility index (Phi) is 1.94. The van der Waals surface area contributed by atoms with E-state index < -0.39 is 13.8 Å². The van der Waals surface area contributed by atoms with Crippen LogP contribution < -0.4 is 0 Å². The van der Waals surface area contributed by atoms with E-state index in [1.54, 1.807) is 0 Å². The molecule has 2 unspecified atom stereocenters. The lowest BCUT2D eigenvalue weighted by molar-refractivity contribution is 0.0133. The summed E-state index contributed by atoms with van der Waals surface area (Å²) in [5.41, 5.74) is 0.120. The van der Waals surface area contributed by atoms with Crippen LogP contribution in [0, 0.1) is 0 Å². The lowest BCUT2D eigenvalue weighted by Gasteiger charge is -2.24. The van der Waals surface area contributed by atoms with E-state index in [1.807, 2.05) is 19.0 Å². The van der Waals surface area contributed by atoms with E-state index in [2.05, 4.69) is 19.6 Å². The Bertz CT molecular complexity index is 164. The van der Waals surface area contributed by atoms with Gasteiger partial charge in [0.05, 0.1) is 8.07 Å². The number of hydrogen-bond acceptors (Lipinski definition) is 2. The summed E-state index contributed by atoms with van der Waals surface area (Å²) >= 11 is 0. The zero-order valence-corrected chi connectivity index (χ0v) is 9.18. The van der Waals surface area contributed by atoms with Gasteiger partial charge < -0.3 is 5.11 Å². The van der Waals surface area contributed by atoms with Crippen LogP contribution in [0.25, 0.3) is 0 Å². The Labute approximate surface area is 70.2 Å². The average molecular weight is 173 g/mol. The van der Waals surface area contributed by atoms with Crippen molar-refractivity contribution in [2.75, 3.05) is 14.1 Å². The van der Waals surface area contributed by atoms with Crippen LogP contribution in [0.3, 0.4) is 0 Å². The third-order valence-electron chi connectivity index (χ3n) is 2.72. The van der Waals surface area contributed by atoms with Gasteiger partial charge in [0, 0.05) is 5.54 Å². The second kappa shape index (κ2) is 2.31. The van der Waals surface area contributed by atoms with Crippen LogP contribution in [-0.2, 0) is 0 Å². The van der Waals surface area contributed by atoms with E-state index in [9.17, 15) is 5.11 Å². The highest BCUT2D eigenvalue weighted by Crippen LogP contribution is 2.56. The Balaban J connectivity index is 2.60. The molecule has 1 saturated carbocycles. The van der Waals surface area contributed by atoms with Crippen molar-refractivity contribution in [2.24, 2.45) is 0 Å². The van der Waals surface area contributed by atoms with Gasteiger partial charge in [-0.3, -0.25) is 4.90 Å². The van der Waals surface area contributed by atoms with E-state index in [1.165, 1.54) is 0 Å². The smallest absolute Gasteiger partial charge is 0.118 e. The first-order valence-corrected chi connectivity index (χ1v) is 7.76. The quantitative estimate of drug-likeness (QED) is 0.503. The van der Waals surface area contributed by atoms with Crippen molar-refractivity contribution in [1.29, 1.82) is 0 Å². The highest BCUT2D eigenvalue weighted by molar-refractivity contribution is 6.78. The number of aliphatic hydroxyl groups is 1. The minimum Gasteiger partial charge on any atom is -0.376 e. The van der Waals surface area contributed by atoms with Gasteiger partial charge >= 0.3 is 0 Å². The maximum absolute atomic E-state index is 9.96. The molecule has 1 fully saturated rings. The zero-order chi connectivity index (χ0) is 8.86. The van der Waals surface area contributed by atoms with Crippen molar-refractivity contribution in [3.63, 3.8) is 0 Å². The van der Waals surface area contributed by atoms with Crippen LogP contribution in [0.2, 0.25) is 25.2 Å². The molecular weight excluding hydrogens is 154 g/mol. The molecule has 66 valence electrons. The lowest BCUT2D eigenvalue weighted by Crippen LogP contribution is -2.36. The molecule has 0 spiro atoms. The molecule has 0 aromatic rings. The third kappa shape index (κ3) is 1.50. The van der Waals surface area contributed by atoms with E-state index in [4.69, 9.17) is 0 Å². The first-order chi connectivity index (χ1) is 4.78. The van der Waals surface area contributed by atoms with Gasteiger partial charge in [0.2, 0.25) is 0 Å². The van der Waals surface area contributed by atoms with Crippen molar-refractivity contribution in [1.82, 2.24) is 4.90 Å². The molecule has 0 aliphatic heterocycles. The Morgan fingerprint density at radius 3 is 1.91 bits per heavy atom. The fraction of sp³-hybridized carbons (Fsp3) is 1.00. The standard InChI is InChI=1S/C8H19NOSi/c1-9(2)8(10)6-7(8)11(3,4)5/h7,10H,6H2,1-5H3.